The van der Waals surface area contributed by atoms with Crippen LogP contribution in [-0.4, -0.2) is 15.0 Å². The molecule has 3 aromatic heterocycles. The van der Waals surface area contributed by atoms with Crippen LogP contribution in [0.1, 0.15) is 19.4 Å². The SMILES string of the molecule is CC(C)Cc1ccc(Nc2cccc(-c3nccs3)n2)nc1. The molecule has 4 nitrogen and oxygen atoms in total. The smallest absolute Gasteiger partial charge is 0.141 e. The van der Waals surface area contributed by atoms with E-state index in [0.29, 0.717) is 5.92 Å². The van der Waals surface area contributed by atoms with Crippen LogP contribution in [0.15, 0.2) is 48.1 Å². The van der Waals surface area contributed by atoms with Gasteiger partial charge in [-0.25, -0.2) is 15.0 Å². The normalized spacial score (nSPS) is 10.9. The van der Waals surface area contributed by atoms with Crippen molar-refractivity contribution in [2.75, 3.05) is 5.32 Å². The summed E-state index contributed by atoms with van der Waals surface area (Å²) in [6.45, 7) is 4.42. The fourth-order valence-corrected chi connectivity index (χ4v) is 2.80. The zero-order valence-electron chi connectivity index (χ0n) is 12.7. The van der Waals surface area contributed by atoms with E-state index < -0.39 is 0 Å². The van der Waals surface area contributed by atoms with Gasteiger partial charge in [0.2, 0.25) is 0 Å². The van der Waals surface area contributed by atoms with Crippen molar-refractivity contribution in [3.63, 3.8) is 0 Å². The summed E-state index contributed by atoms with van der Waals surface area (Å²) in [6, 6.07) is 9.97. The molecule has 0 bridgehead atoms. The fourth-order valence-electron chi connectivity index (χ4n) is 2.20. The predicted molar refractivity (Wildman–Crippen MR) is 91.4 cm³/mol. The van der Waals surface area contributed by atoms with Crippen molar-refractivity contribution in [3.8, 4) is 10.7 Å². The summed E-state index contributed by atoms with van der Waals surface area (Å²) in [5.41, 5.74) is 2.13. The molecule has 0 aliphatic carbocycles. The van der Waals surface area contributed by atoms with Gasteiger partial charge in [0.05, 0.1) is 0 Å². The Hall–Kier alpha value is -2.27. The molecule has 0 aromatic carbocycles. The molecule has 0 radical (unpaired) electrons. The number of pyridine rings is 2. The first-order valence-corrected chi connectivity index (χ1v) is 8.17. The van der Waals surface area contributed by atoms with Crippen molar-refractivity contribution in [2.24, 2.45) is 5.92 Å². The van der Waals surface area contributed by atoms with Gasteiger partial charge in [-0.2, -0.15) is 0 Å². The van der Waals surface area contributed by atoms with Gasteiger partial charge in [0, 0.05) is 17.8 Å². The monoisotopic (exact) mass is 310 g/mol. The number of nitrogens with one attached hydrogen (secondary N) is 1. The number of rotatable bonds is 5. The molecule has 5 heteroatoms. The molecule has 112 valence electrons. The van der Waals surface area contributed by atoms with Gasteiger partial charge in [-0.3, -0.25) is 0 Å². The Morgan fingerprint density at radius 3 is 2.68 bits per heavy atom. The van der Waals surface area contributed by atoms with Crippen LogP contribution in [-0.2, 0) is 6.42 Å². The van der Waals surface area contributed by atoms with Gasteiger partial charge < -0.3 is 5.32 Å². The maximum Gasteiger partial charge on any atom is 0.141 e. The largest absolute Gasteiger partial charge is 0.325 e. The third-order valence-corrected chi connectivity index (χ3v) is 3.92. The van der Waals surface area contributed by atoms with Gasteiger partial charge in [-0.05, 0) is 36.1 Å². The maximum absolute atomic E-state index is 4.58. The van der Waals surface area contributed by atoms with Gasteiger partial charge in [0.25, 0.3) is 0 Å². The molecule has 0 spiro atoms. The molecular formula is C17H18N4S. The van der Waals surface area contributed by atoms with E-state index in [1.165, 1.54) is 5.56 Å². The van der Waals surface area contributed by atoms with Gasteiger partial charge in [0.15, 0.2) is 0 Å². The topological polar surface area (TPSA) is 50.7 Å². The minimum Gasteiger partial charge on any atom is -0.325 e. The van der Waals surface area contributed by atoms with Gasteiger partial charge in [0.1, 0.15) is 22.3 Å². The fraction of sp³-hybridized carbons (Fsp3) is 0.235. The Morgan fingerprint density at radius 2 is 2.00 bits per heavy atom. The van der Waals surface area contributed by atoms with Crippen molar-refractivity contribution in [1.82, 2.24) is 15.0 Å². The van der Waals surface area contributed by atoms with Crippen molar-refractivity contribution in [2.45, 2.75) is 20.3 Å². The highest BCUT2D eigenvalue weighted by Crippen LogP contribution is 2.22. The van der Waals surface area contributed by atoms with Crippen LogP contribution in [0.5, 0.6) is 0 Å². The zero-order chi connectivity index (χ0) is 15.4. The van der Waals surface area contributed by atoms with E-state index in [2.05, 4.69) is 40.2 Å². The molecule has 0 saturated heterocycles. The van der Waals surface area contributed by atoms with Crippen molar-refractivity contribution >= 4 is 23.0 Å². The lowest BCUT2D eigenvalue weighted by atomic mass is 10.1. The number of hydrogen-bond acceptors (Lipinski definition) is 5. The molecule has 1 N–H and O–H groups in total. The second kappa shape index (κ2) is 6.66. The first-order chi connectivity index (χ1) is 10.7. The van der Waals surface area contributed by atoms with Crippen LogP contribution in [0.2, 0.25) is 0 Å². The third kappa shape index (κ3) is 3.68. The van der Waals surface area contributed by atoms with Crippen LogP contribution >= 0.6 is 11.3 Å². The van der Waals surface area contributed by atoms with E-state index >= 15 is 0 Å². The van der Waals surface area contributed by atoms with E-state index in [9.17, 15) is 0 Å². The molecule has 0 amide bonds. The summed E-state index contributed by atoms with van der Waals surface area (Å²) < 4.78 is 0. The molecule has 0 saturated carbocycles. The van der Waals surface area contributed by atoms with Crippen LogP contribution in [0, 0.1) is 5.92 Å². The lowest BCUT2D eigenvalue weighted by Crippen LogP contribution is -1.99. The lowest BCUT2D eigenvalue weighted by molar-refractivity contribution is 0.646. The summed E-state index contributed by atoms with van der Waals surface area (Å²) in [5.74, 6) is 2.21. The summed E-state index contributed by atoms with van der Waals surface area (Å²) in [6.07, 6.45) is 4.76. The van der Waals surface area contributed by atoms with Crippen LogP contribution in [0.3, 0.4) is 0 Å². The molecule has 22 heavy (non-hydrogen) atoms. The summed E-state index contributed by atoms with van der Waals surface area (Å²) in [4.78, 5) is 13.3. The third-order valence-electron chi connectivity index (χ3n) is 3.13. The minimum absolute atomic E-state index is 0.636. The van der Waals surface area contributed by atoms with Crippen molar-refractivity contribution in [1.29, 1.82) is 0 Å². The van der Waals surface area contributed by atoms with Crippen LogP contribution in [0.4, 0.5) is 11.6 Å². The zero-order valence-corrected chi connectivity index (χ0v) is 13.5. The molecule has 3 rings (SSSR count). The average Bonchev–Trinajstić information content (AvgIpc) is 3.03. The summed E-state index contributed by atoms with van der Waals surface area (Å²) >= 11 is 1.58. The van der Waals surface area contributed by atoms with Crippen molar-refractivity contribution < 1.29 is 0 Å². The number of anilines is 2. The predicted octanol–water partition coefficient (Wildman–Crippen LogP) is 4.54. The maximum atomic E-state index is 4.58. The molecule has 0 aliphatic heterocycles. The summed E-state index contributed by atoms with van der Waals surface area (Å²) in [5, 5.41) is 6.11. The highest BCUT2D eigenvalue weighted by Gasteiger charge is 2.04. The number of thiazole rings is 1. The average molecular weight is 310 g/mol. The van der Waals surface area contributed by atoms with Crippen LogP contribution in [0.25, 0.3) is 10.7 Å². The lowest BCUT2D eigenvalue weighted by Gasteiger charge is -2.08. The van der Waals surface area contributed by atoms with Gasteiger partial charge in [-0.1, -0.05) is 26.0 Å². The number of hydrogen-bond donors (Lipinski definition) is 1. The van der Waals surface area contributed by atoms with Crippen LogP contribution < -0.4 is 5.32 Å². The molecule has 0 aliphatic rings. The standard InChI is InChI=1S/C17H18N4S/c1-12(2)10-13-6-7-15(19-11-13)21-16-5-3-4-14(20-16)17-18-8-9-22-17/h3-9,11-12H,10H2,1-2H3,(H,19,20,21). The Bertz CT molecular complexity index is 721. The Balaban J connectivity index is 1.74. The number of aromatic nitrogens is 3. The van der Waals surface area contributed by atoms with Gasteiger partial charge in [-0.15, -0.1) is 11.3 Å². The quantitative estimate of drug-likeness (QED) is 0.751. The van der Waals surface area contributed by atoms with E-state index in [1.54, 1.807) is 17.5 Å². The first-order valence-electron chi connectivity index (χ1n) is 7.29. The van der Waals surface area contributed by atoms with Crippen molar-refractivity contribution in [3.05, 3.63) is 53.7 Å². The second-order valence-electron chi connectivity index (χ2n) is 5.52. The first kappa shape index (κ1) is 14.7. The molecule has 3 aromatic rings. The molecule has 0 atom stereocenters. The molecule has 3 heterocycles. The Labute approximate surface area is 134 Å². The van der Waals surface area contributed by atoms with E-state index in [1.807, 2.05) is 35.8 Å². The molecule has 0 unspecified atom stereocenters. The number of nitrogens with zero attached hydrogens (tertiary/aromatic N) is 3. The Morgan fingerprint density at radius 1 is 1.09 bits per heavy atom. The minimum atomic E-state index is 0.636. The van der Waals surface area contributed by atoms with Gasteiger partial charge >= 0.3 is 0 Å². The molecule has 0 fully saturated rings. The van der Waals surface area contributed by atoms with E-state index in [4.69, 9.17) is 0 Å². The second-order valence-corrected chi connectivity index (χ2v) is 6.41. The summed E-state index contributed by atoms with van der Waals surface area (Å²) in [7, 11) is 0. The van der Waals surface area contributed by atoms with E-state index in [0.717, 1.165) is 28.8 Å². The Kier molecular flexibility index (Phi) is 4.44. The molecular weight excluding hydrogens is 292 g/mol. The highest BCUT2D eigenvalue weighted by atomic mass is 32.1. The highest BCUT2D eigenvalue weighted by molar-refractivity contribution is 7.13. The van der Waals surface area contributed by atoms with E-state index in [-0.39, 0.29) is 0 Å².